The van der Waals surface area contributed by atoms with E-state index in [-0.39, 0.29) is 42.9 Å². The molecule has 1 aliphatic rings. The summed E-state index contributed by atoms with van der Waals surface area (Å²) in [5.41, 5.74) is -2.86. The van der Waals surface area contributed by atoms with Crippen molar-refractivity contribution >= 4 is 17.9 Å². The van der Waals surface area contributed by atoms with E-state index < -0.39 is 59.9 Å². The molecule has 0 radical (unpaired) electrons. The molecule has 244 valence electrons. The van der Waals surface area contributed by atoms with Gasteiger partial charge < -0.3 is 23.8 Å². The maximum Gasteiger partial charge on any atom is 0.416 e. The predicted molar refractivity (Wildman–Crippen MR) is 148 cm³/mol. The molecule has 1 aliphatic heterocycles. The lowest BCUT2D eigenvalue weighted by Crippen LogP contribution is -2.48. The van der Waals surface area contributed by atoms with Crippen molar-refractivity contribution in [2.75, 3.05) is 53.0 Å². The Hall–Kier alpha value is -3.88. The number of methoxy groups -OCH3 is 2. The van der Waals surface area contributed by atoms with Gasteiger partial charge >= 0.3 is 24.5 Å². The number of amides is 2. The van der Waals surface area contributed by atoms with Gasteiger partial charge in [0.2, 0.25) is 0 Å². The molecule has 2 aromatic carbocycles. The Morgan fingerprint density at radius 2 is 1.48 bits per heavy atom. The molecular weight excluding hydrogens is 600 g/mol. The highest BCUT2D eigenvalue weighted by Gasteiger charge is 2.42. The molecule has 0 N–H and O–H groups in total. The SMILES string of the molecule is CCOC(=O)N1c2cc(OC)c(OC)cc2[C@@H](N(Cc2cc(C(F)(F)F)cc(C(F)(F)F)c2)C(=O)OCCN(C)C)C[C@H]1C. The number of ether oxygens (including phenoxy) is 4. The Labute approximate surface area is 251 Å². The summed E-state index contributed by atoms with van der Waals surface area (Å²) in [6, 6.07) is 2.56. The zero-order valence-electron chi connectivity index (χ0n) is 25.1. The first-order chi connectivity index (χ1) is 20.5. The Bertz CT molecular complexity index is 1300. The average molecular weight is 636 g/mol. The average Bonchev–Trinajstić information content (AvgIpc) is 2.93. The molecule has 0 saturated heterocycles. The number of nitrogens with zero attached hydrogens (tertiary/aromatic N) is 3. The van der Waals surface area contributed by atoms with Crippen LogP contribution in [0.4, 0.5) is 41.6 Å². The van der Waals surface area contributed by atoms with E-state index in [4.69, 9.17) is 18.9 Å². The molecule has 2 atom stereocenters. The monoisotopic (exact) mass is 635 g/mol. The number of fused-ring (bicyclic) bond motifs is 1. The summed E-state index contributed by atoms with van der Waals surface area (Å²) < 4.78 is 103. The predicted octanol–water partition coefficient (Wildman–Crippen LogP) is 6.74. The van der Waals surface area contributed by atoms with Crippen LogP contribution in [0.15, 0.2) is 30.3 Å². The number of carbonyl (C=O) groups excluding carboxylic acids is 2. The number of benzene rings is 2. The number of alkyl halides is 6. The number of anilines is 1. The summed E-state index contributed by atoms with van der Waals surface area (Å²) in [7, 11) is 6.20. The summed E-state index contributed by atoms with van der Waals surface area (Å²) in [4.78, 5) is 30.7. The van der Waals surface area contributed by atoms with Crippen molar-refractivity contribution in [2.24, 2.45) is 0 Å². The highest BCUT2D eigenvalue weighted by atomic mass is 19.4. The normalized spacial score (nSPS) is 16.8. The van der Waals surface area contributed by atoms with Gasteiger partial charge in [-0.15, -0.1) is 0 Å². The van der Waals surface area contributed by atoms with E-state index in [1.165, 1.54) is 31.3 Å². The topological polar surface area (TPSA) is 80.8 Å². The van der Waals surface area contributed by atoms with Gasteiger partial charge in [0, 0.05) is 30.8 Å². The van der Waals surface area contributed by atoms with Gasteiger partial charge in [-0.2, -0.15) is 26.3 Å². The van der Waals surface area contributed by atoms with Crippen molar-refractivity contribution in [3.63, 3.8) is 0 Å². The first kappa shape index (κ1) is 34.6. The van der Waals surface area contributed by atoms with Crippen LogP contribution in [0.1, 0.15) is 48.6 Å². The van der Waals surface area contributed by atoms with Gasteiger partial charge in [0.05, 0.1) is 43.7 Å². The van der Waals surface area contributed by atoms with Gasteiger partial charge in [-0.05, 0) is 64.2 Å². The van der Waals surface area contributed by atoms with Crippen molar-refractivity contribution in [2.45, 2.75) is 51.2 Å². The smallest absolute Gasteiger partial charge is 0.416 e. The van der Waals surface area contributed by atoms with Gasteiger partial charge in [-0.3, -0.25) is 9.80 Å². The molecule has 0 fully saturated rings. The summed E-state index contributed by atoms with van der Waals surface area (Å²) in [6.07, 6.45) is -11.8. The molecule has 0 aromatic heterocycles. The number of likely N-dealkylation sites (N-methyl/N-ethyl adjacent to an activating group) is 1. The second kappa shape index (κ2) is 13.8. The molecule has 0 bridgehead atoms. The second-order valence-corrected chi connectivity index (χ2v) is 10.4. The van der Waals surface area contributed by atoms with Gasteiger partial charge in [-0.1, -0.05) is 0 Å². The fourth-order valence-electron chi connectivity index (χ4n) is 4.93. The highest BCUT2D eigenvalue weighted by Crippen LogP contribution is 2.47. The molecule has 0 saturated carbocycles. The molecule has 2 amide bonds. The van der Waals surface area contributed by atoms with Crippen LogP contribution in [0.5, 0.6) is 11.5 Å². The lowest BCUT2D eigenvalue weighted by atomic mass is 9.90. The third-order valence-corrected chi connectivity index (χ3v) is 7.00. The molecule has 0 aliphatic carbocycles. The van der Waals surface area contributed by atoms with E-state index in [0.717, 1.165) is 4.90 Å². The van der Waals surface area contributed by atoms with Crippen molar-refractivity contribution in [1.29, 1.82) is 0 Å². The van der Waals surface area contributed by atoms with Gasteiger partial charge in [-0.25, -0.2) is 9.59 Å². The molecule has 9 nitrogen and oxygen atoms in total. The lowest BCUT2D eigenvalue weighted by Gasteiger charge is -2.43. The maximum atomic E-state index is 13.7. The summed E-state index contributed by atoms with van der Waals surface area (Å²) in [5, 5.41) is 0. The lowest BCUT2D eigenvalue weighted by molar-refractivity contribution is -0.143. The van der Waals surface area contributed by atoms with Crippen LogP contribution in [0.2, 0.25) is 0 Å². The molecule has 2 aromatic rings. The minimum atomic E-state index is -5.08. The van der Waals surface area contributed by atoms with Crippen LogP contribution in [-0.4, -0.2) is 76.1 Å². The quantitative estimate of drug-likeness (QED) is 0.283. The first-order valence-corrected chi connectivity index (χ1v) is 13.6. The number of halogens is 6. The standard InChI is InChI=1S/C29H35F6N3O6/c1-7-43-27(40)38-17(2)10-22(21-14-24(41-5)25(42-6)15-23(21)38)37(26(39)44-9-8-36(3)4)16-18-11-19(28(30,31)32)13-20(12-18)29(33,34)35/h11-15,17,22H,7-10,16H2,1-6H3/t17-,22+/m1/s1. The zero-order chi connectivity index (χ0) is 33.0. The zero-order valence-corrected chi connectivity index (χ0v) is 25.1. The number of hydrogen-bond donors (Lipinski definition) is 0. The van der Waals surface area contributed by atoms with Crippen LogP contribution in [-0.2, 0) is 28.4 Å². The Morgan fingerprint density at radius 1 is 0.909 bits per heavy atom. The van der Waals surface area contributed by atoms with Gasteiger partial charge in [0.25, 0.3) is 0 Å². The first-order valence-electron chi connectivity index (χ1n) is 13.6. The fourth-order valence-corrected chi connectivity index (χ4v) is 4.93. The van der Waals surface area contributed by atoms with Crippen molar-refractivity contribution < 1.29 is 54.9 Å². The van der Waals surface area contributed by atoms with E-state index in [1.807, 2.05) is 0 Å². The van der Waals surface area contributed by atoms with Crippen molar-refractivity contribution in [3.8, 4) is 11.5 Å². The summed E-state index contributed by atoms with van der Waals surface area (Å²) >= 11 is 0. The van der Waals surface area contributed by atoms with E-state index >= 15 is 0 Å². The third-order valence-electron chi connectivity index (χ3n) is 7.00. The third kappa shape index (κ3) is 7.98. The molecule has 3 rings (SSSR count). The second-order valence-electron chi connectivity index (χ2n) is 10.4. The molecule has 44 heavy (non-hydrogen) atoms. The number of hydrogen-bond acceptors (Lipinski definition) is 7. The largest absolute Gasteiger partial charge is 0.493 e. The van der Waals surface area contributed by atoms with Gasteiger partial charge in [0.15, 0.2) is 11.5 Å². The van der Waals surface area contributed by atoms with E-state index in [1.54, 1.807) is 32.8 Å². The van der Waals surface area contributed by atoms with E-state index in [0.29, 0.717) is 24.2 Å². The minimum Gasteiger partial charge on any atom is -0.493 e. The van der Waals surface area contributed by atoms with E-state index in [2.05, 4.69) is 0 Å². The Balaban J connectivity index is 2.22. The van der Waals surface area contributed by atoms with Crippen molar-refractivity contribution in [1.82, 2.24) is 9.80 Å². The number of rotatable bonds is 9. The van der Waals surface area contributed by atoms with Crippen molar-refractivity contribution in [3.05, 3.63) is 52.6 Å². The van der Waals surface area contributed by atoms with Crippen LogP contribution in [0.3, 0.4) is 0 Å². The van der Waals surface area contributed by atoms with Crippen LogP contribution in [0, 0.1) is 0 Å². The summed E-state index contributed by atoms with van der Waals surface area (Å²) in [6.45, 7) is 2.90. The van der Waals surface area contributed by atoms with E-state index in [9.17, 15) is 35.9 Å². The molecule has 15 heteroatoms. The molecule has 0 spiro atoms. The van der Waals surface area contributed by atoms with Crippen LogP contribution < -0.4 is 14.4 Å². The fraction of sp³-hybridized carbons (Fsp3) is 0.517. The number of carbonyl (C=O) groups is 2. The molecule has 1 heterocycles. The van der Waals surface area contributed by atoms with Crippen LogP contribution in [0.25, 0.3) is 0 Å². The maximum absolute atomic E-state index is 13.7. The summed E-state index contributed by atoms with van der Waals surface area (Å²) in [5.74, 6) is 0.454. The Morgan fingerprint density at radius 3 is 1.98 bits per heavy atom. The highest BCUT2D eigenvalue weighted by molar-refractivity contribution is 5.91. The molecule has 0 unspecified atom stereocenters. The van der Waals surface area contributed by atoms with Gasteiger partial charge in [0.1, 0.15) is 6.61 Å². The van der Waals surface area contributed by atoms with Crippen LogP contribution >= 0.6 is 0 Å². The Kier molecular flexibility index (Phi) is 10.9. The minimum absolute atomic E-state index is 0.0234. The molecular formula is C29H35F6N3O6.